The molecule has 3 aliphatic rings. The number of H-pyrrole nitrogens is 1. The van der Waals surface area contributed by atoms with Gasteiger partial charge in [0.25, 0.3) is 11.5 Å². The number of aromatic nitrogens is 2. The summed E-state index contributed by atoms with van der Waals surface area (Å²) in [5.74, 6) is -2.32. The van der Waals surface area contributed by atoms with E-state index in [0.717, 1.165) is 31.4 Å². The second kappa shape index (κ2) is 15.3. The fourth-order valence-electron chi connectivity index (χ4n) is 7.40. The number of rotatable bonds is 9. The van der Waals surface area contributed by atoms with Crippen molar-refractivity contribution < 1.29 is 37.0 Å². The van der Waals surface area contributed by atoms with Gasteiger partial charge < -0.3 is 24.3 Å². The van der Waals surface area contributed by atoms with Gasteiger partial charge in [0.15, 0.2) is 17.4 Å². The number of urea groups is 1. The Hall–Kier alpha value is -5.44. The van der Waals surface area contributed by atoms with Gasteiger partial charge in [-0.2, -0.15) is 0 Å². The molecule has 0 unspecified atom stereocenters. The average molecular weight is 733 g/mol. The van der Waals surface area contributed by atoms with Crippen molar-refractivity contribution in [1.29, 1.82) is 0 Å². The van der Waals surface area contributed by atoms with Crippen LogP contribution in [0.15, 0.2) is 59.8 Å². The topological polar surface area (TPSA) is 137 Å². The van der Waals surface area contributed by atoms with Gasteiger partial charge in [0.2, 0.25) is 5.91 Å². The molecule has 2 aromatic carbocycles. The average Bonchev–Trinajstić information content (AvgIpc) is 3.16. The van der Waals surface area contributed by atoms with E-state index in [2.05, 4.69) is 15.3 Å². The number of hydrogen-bond acceptors (Lipinski definition) is 8. The summed E-state index contributed by atoms with van der Waals surface area (Å²) in [6, 6.07) is 8.18. The van der Waals surface area contributed by atoms with Gasteiger partial charge in [0.05, 0.1) is 18.2 Å². The molecule has 12 nitrogen and oxygen atoms in total. The monoisotopic (exact) mass is 732 g/mol. The van der Waals surface area contributed by atoms with E-state index in [1.165, 1.54) is 30.6 Å². The molecule has 5 heterocycles. The minimum absolute atomic E-state index is 0.0731. The van der Waals surface area contributed by atoms with E-state index in [1.807, 2.05) is 4.90 Å². The maximum absolute atomic E-state index is 15.4. The Morgan fingerprint density at radius 1 is 0.981 bits per heavy atom. The maximum Gasteiger partial charge on any atom is 0.328 e. The van der Waals surface area contributed by atoms with E-state index in [-0.39, 0.29) is 54.3 Å². The van der Waals surface area contributed by atoms with Gasteiger partial charge in [-0.3, -0.25) is 29.6 Å². The number of aromatic amines is 1. The molecule has 2 N–H and O–H groups in total. The number of imide groups is 1. The normalized spacial score (nSPS) is 20.1. The zero-order valence-electron chi connectivity index (χ0n) is 29.1. The summed E-state index contributed by atoms with van der Waals surface area (Å²) in [6.07, 6.45) is 4.57. The summed E-state index contributed by atoms with van der Waals surface area (Å²) in [6.45, 7) is 2.51. The maximum atomic E-state index is 15.4. The molecule has 4 aromatic rings. The Balaban J connectivity index is 0.900. The quantitative estimate of drug-likeness (QED) is 0.244. The highest BCUT2D eigenvalue weighted by Gasteiger charge is 2.34. The van der Waals surface area contributed by atoms with Crippen molar-refractivity contribution in [3.05, 3.63) is 82.5 Å². The number of alkyl halides is 1. The Morgan fingerprint density at radius 3 is 2.47 bits per heavy atom. The highest BCUT2D eigenvalue weighted by atomic mass is 19.1. The molecule has 4 amide bonds. The molecule has 3 aliphatic heterocycles. The minimum atomic E-state index is -1.46. The summed E-state index contributed by atoms with van der Waals surface area (Å²) in [4.78, 5) is 61.4. The Morgan fingerprint density at radius 2 is 1.75 bits per heavy atom. The largest absolute Gasteiger partial charge is 0.495 e. The third-order valence-electron chi connectivity index (χ3n) is 10.4. The van der Waals surface area contributed by atoms with E-state index < -0.39 is 35.7 Å². The predicted octanol–water partition coefficient (Wildman–Crippen LogP) is 5.06. The lowest BCUT2D eigenvalue weighted by Gasteiger charge is -2.37. The van der Waals surface area contributed by atoms with Gasteiger partial charge in [0.1, 0.15) is 18.0 Å². The summed E-state index contributed by atoms with van der Waals surface area (Å²) in [5.41, 5.74) is 1.07. The minimum Gasteiger partial charge on any atom is -0.495 e. The molecule has 0 spiro atoms. The molecule has 0 bridgehead atoms. The van der Waals surface area contributed by atoms with Crippen LogP contribution in [0.4, 0.5) is 23.7 Å². The molecule has 3 saturated heterocycles. The molecule has 0 aliphatic carbocycles. The number of piperidine rings is 2. The fraction of sp³-hybridized carbons (Fsp3) is 0.395. The van der Waals surface area contributed by atoms with Crippen LogP contribution >= 0.6 is 0 Å². The Kier molecular flexibility index (Phi) is 10.4. The van der Waals surface area contributed by atoms with Gasteiger partial charge in [0, 0.05) is 68.9 Å². The number of amides is 4. The highest BCUT2D eigenvalue weighted by molar-refractivity contribution is 6.07. The van der Waals surface area contributed by atoms with Crippen molar-refractivity contribution in [3.8, 4) is 22.6 Å². The standard InChI is InChI=1S/C38H39F3N6O6/c1-52-33-3-2-23(18-31(33)47-15-9-34(48)44-38(47)51)37(50)46-13-6-22(7-14-46)5-11-45-12-8-32(30(41)21-45)53-35-28(39)16-24(17-29(35)40)26-20-43-36(49)27-19-42-10-4-25(26)27/h2-4,10,16-20,22,30,32H,5-9,11-15,21H2,1H3,(H,43,49)(H,44,48,51)/t30-,32-/m1/s1. The second-order valence-corrected chi connectivity index (χ2v) is 13.6. The SMILES string of the molecule is COc1ccc(C(=O)N2CCC(CCN3CC[C@@H](Oc4c(F)cc(-c5c[nH]c(=O)c6cnccc56)cc4F)[C@H](F)C3)CC2)cc1N1CCC(=O)NC1=O. The first kappa shape index (κ1) is 35.9. The summed E-state index contributed by atoms with van der Waals surface area (Å²) >= 11 is 0. The number of anilines is 1. The zero-order chi connectivity index (χ0) is 37.2. The first-order valence-corrected chi connectivity index (χ1v) is 17.7. The smallest absolute Gasteiger partial charge is 0.328 e. The van der Waals surface area contributed by atoms with Crippen LogP contribution < -0.4 is 25.2 Å². The Bertz CT molecular complexity index is 2080. The molecule has 0 radical (unpaired) electrons. The molecule has 2 atom stereocenters. The first-order chi connectivity index (χ1) is 25.6. The summed E-state index contributed by atoms with van der Waals surface area (Å²) in [7, 11) is 1.47. The third-order valence-corrected chi connectivity index (χ3v) is 10.4. The number of nitrogens with zero attached hydrogens (tertiary/aromatic N) is 4. The number of likely N-dealkylation sites (tertiary alicyclic amines) is 2. The van der Waals surface area contributed by atoms with Crippen LogP contribution in [0.1, 0.15) is 42.5 Å². The number of benzene rings is 2. The number of halogens is 3. The molecule has 15 heteroatoms. The molecule has 2 aromatic heterocycles. The Labute approximate surface area is 302 Å². The number of carbonyl (C=O) groups is 3. The number of hydrogen-bond donors (Lipinski definition) is 2. The van der Waals surface area contributed by atoms with Crippen molar-refractivity contribution in [3.63, 3.8) is 0 Å². The first-order valence-electron chi connectivity index (χ1n) is 17.7. The highest BCUT2D eigenvalue weighted by Crippen LogP contribution is 2.35. The van der Waals surface area contributed by atoms with Gasteiger partial charge in [-0.05, 0) is 85.5 Å². The number of pyridine rings is 2. The van der Waals surface area contributed by atoms with Crippen molar-refractivity contribution in [2.45, 2.75) is 44.4 Å². The van der Waals surface area contributed by atoms with Crippen LogP contribution in [0.5, 0.6) is 11.5 Å². The molecule has 3 fully saturated rings. The van der Waals surface area contributed by atoms with Gasteiger partial charge in [-0.15, -0.1) is 0 Å². The summed E-state index contributed by atoms with van der Waals surface area (Å²) in [5, 5.41) is 3.06. The predicted molar refractivity (Wildman–Crippen MR) is 190 cm³/mol. The van der Waals surface area contributed by atoms with Crippen molar-refractivity contribution in [2.75, 3.05) is 51.3 Å². The van der Waals surface area contributed by atoms with Gasteiger partial charge in [-0.1, -0.05) is 0 Å². The molecular weight excluding hydrogens is 693 g/mol. The molecule has 7 rings (SSSR count). The van der Waals surface area contributed by atoms with Crippen LogP contribution in [-0.4, -0.2) is 96.3 Å². The lowest BCUT2D eigenvalue weighted by atomic mass is 9.92. The third kappa shape index (κ3) is 7.56. The second-order valence-electron chi connectivity index (χ2n) is 13.6. The van der Waals surface area contributed by atoms with Gasteiger partial charge in [-0.25, -0.2) is 18.0 Å². The summed E-state index contributed by atoms with van der Waals surface area (Å²) < 4.78 is 56.9. The van der Waals surface area contributed by atoms with Crippen LogP contribution in [0.3, 0.4) is 0 Å². The van der Waals surface area contributed by atoms with E-state index in [4.69, 9.17) is 9.47 Å². The zero-order valence-corrected chi connectivity index (χ0v) is 29.1. The van der Waals surface area contributed by atoms with Crippen molar-refractivity contribution in [1.82, 2.24) is 25.1 Å². The van der Waals surface area contributed by atoms with Crippen LogP contribution in [0, 0.1) is 17.6 Å². The number of methoxy groups -OCH3 is 1. The van der Waals surface area contributed by atoms with Crippen LogP contribution in [0.2, 0.25) is 0 Å². The van der Waals surface area contributed by atoms with E-state index in [0.29, 0.717) is 60.0 Å². The van der Waals surface area contributed by atoms with Crippen LogP contribution in [0.25, 0.3) is 21.9 Å². The van der Waals surface area contributed by atoms with Gasteiger partial charge >= 0.3 is 6.03 Å². The molecule has 53 heavy (non-hydrogen) atoms. The molecular formula is C38H39F3N6O6. The van der Waals surface area contributed by atoms with Crippen LogP contribution in [-0.2, 0) is 4.79 Å². The number of fused-ring (bicyclic) bond motifs is 1. The number of nitrogens with one attached hydrogen (secondary N) is 2. The fourth-order valence-corrected chi connectivity index (χ4v) is 7.40. The van der Waals surface area contributed by atoms with E-state index >= 15 is 13.2 Å². The van der Waals surface area contributed by atoms with Crippen molar-refractivity contribution >= 4 is 34.3 Å². The van der Waals surface area contributed by atoms with E-state index in [9.17, 15) is 19.2 Å². The number of ether oxygens (including phenoxy) is 2. The molecule has 0 saturated carbocycles. The van der Waals surface area contributed by atoms with Crippen molar-refractivity contribution in [2.24, 2.45) is 5.92 Å². The number of carbonyl (C=O) groups excluding carboxylic acids is 3. The van der Waals surface area contributed by atoms with E-state index in [1.54, 1.807) is 29.2 Å². The lowest BCUT2D eigenvalue weighted by molar-refractivity contribution is -0.120. The molecule has 278 valence electrons. The lowest BCUT2D eigenvalue weighted by Crippen LogP contribution is -2.49.